The fourth-order valence-electron chi connectivity index (χ4n) is 2.88. The predicted molar refractivity (Wildman–Crippen MR) is 115 cm³/mol. The zero-order valence-corrected chi connectivity index (χ0v) is 17.4. The van der Waals surface area contributed by atoms with Gasteiger partial charge in [-0.1, -0.05) is 18.2 Å². The standard InChI is InChI=1S/C22H24N4O4/c1-14-19(21(27)26-16-9-17(28-2)11-18(10-16)29-3)13-24-22(25-14)23-12-15-7-5-6-8-20(15)30-4/h5-11,13H,12H2,1-4H3,(H,26,27)(H,23,24,25). The molecule has 0 fully saturated rings. The molecule has 1 amide bonds. The summed E-state index contributed by atoms with van der Waals surface area (Å²) in [5.41, 5.74) is 2.46. The van der Waals surface area contributed by atoms with Crippen LogP contribution in [0, 0.1) is 6.92 Å². The number of nitrogens with zero attached hydrogens (tertiary/aromatic N) is 2. The van der Waals surface area contributed by atoms with Gasteiger partial charge in [-0.3, -0.25) is 4.79 Å². The number of nitrogens with one attached hydrogen (secondary N) is 2. The largest absolute Gasteiger partial charge is 0.497 e. The molecular formula is C22H24N4O4. The summed E-state index contributed by atoms with van der Waals surface area (Å²) in [7, 11) is 4.73. The van der Waals surface area contributed by atoms with Crippen molar-refractivity contribution in [3.8, 4) is 17.2 Å². The Balaban J connectivity index is 1.71. The topological polar surface area (TPSA) is 94.6 Å². The molecule has 30 heavy (non-hydrogen) atoms. The Kier molecular flexibility index (Phi) is 6.69. The molecule has 0 aliphatic carbocycles. The number of ether oxygens (including phenoxy) is 3. The van der Waals surface area contributed by atoms with Gasteiger partial charge in [0.2, 0.25) is 5.95 Å². The molecule has 0 spiro atoms. The van der Waals surface area contributed by atoms with Crippen LogP contribution in [0.25, 0.3) is 0 Å². The van der Waals surface area contributed by atoms with Crippen molar-refractivity contribution in [1.82, 2.24) is 9.97 Å². The molecule has 3 aromatic rings. The fraction of sp³-hybridized carbons (Fsp3) is 0.227. The van der Waals surface area contributed by atoms with E-state index in [1.54, 1.807) is 46.5 Å². The number of aromatic nitrogens is 2. The van der Waals surface area contributed by atoms with Crippen LogP contribution in [0.4, 0.5) is 11.6 Å². The molecule has 0 bridgehead atoms. The van der Waals surface area contributed by atoms with Crippen molar-refractivity contribution in [2.24, 2.45) is 0 Å². The van der Waals surface area contributed by atoms with E-state index in [4.69, 9.17) is 14.2 Å². The first kappa shape index (κ1) is 20.9. The van der Waals surface area contributed by atoms with Gasteiger partial charge in [0.25, 0.3) is 5.91 Å². The lowest BCUT2D eigenvalue weighted by atomic mass is 10.2. The SMILES string of the molecule is COc1cc(NC(=O)c2cnc(NCc3ccccc3OC)nc2C)cc(OC)c1. The van der Waals surface area contributed by atoms with Gasteiger partial charge in [-0.15, -0.1) is 0 Å². The summed E-state index contributed by atoms with van der Waals surface area (Å²) >= 11 is 0. The lowest BCUT2D eigenvalue weighted by Gasteiger charge is -2.12. The summed E-state index contributed by atoms with van der Waals surface area (Å²) in [6.07, 6.45) is 1.50. The summed E-state index contributed by atoms with van der Waals surface area (Å²) < 4.78 is 15.8. The highest BCUT2D eigenvalue weighted by Gasteiger charge is 2.14. The summed E-state index contributed by atoms with van der Waals surface area (Å²) in [6, 6.07) is 12.8. The van der Waals surface area contributed by atoms with Crippen LogP contribution in [0.3, 0.4) is 0 Å². The quantitative estimate of drug-likeness (QED) is 0.587. The maximum absolute atomic E-state index is 12.7. The van der Waals surface area contributed by atoms with Crippen LogP contribution in [0.1, 0.15) is 21.6 Å². The zero-order valence-electron chi connectivity index (χ0n) is 17.4. The van der Waals surface area contributed by atoms with E-state index in [2.05, 4.69) is 20.6 Å². The maximum Gasteiger partial charge on any atom is 0.259 e. The van der Waals surface area contributed by atoms with Crippen molar-refractivity contribution < 1.29 is 19.0 Å². The summed E-state index contributed by atoms with van der Waals surface area (Å²) in [4.78, 5) is 21.4. The Labute approximate surface area is 175 Å². The van der Waals surface area contributed by atoms with E-state index in [0.29, 0.717) is 40.9 Å². The minimum Gasteiger partial charge on any atom is -0.497 e. The molecule has 3 rings (SSSR count). The van der Waals surface area contributed by atoms with Gasteiger partial charge in [0.1, 0.15) is 17.2 Å². The third-order valence-corrected chi connectivity index (χ3v) is 4.46. The highest BCUT2D eigenvalue weighted by Crippen LogP contribution is 2.26. The molecule has 2 N–H and O–H groups in total. The van der Waals surface area contributed by atoms with Gasteiger partial charge in [0.05, 0.1) is 32.6 Å². The van der Waals surface area contributed by atoms with Crippen molar-refractivity contribution in [3.05, 3.63) is 65.5 Å². The monoisotopic (exact) mass is 408 g/mol. The molecule has 8 nitrogen and oxygen atoms in total. The highest BCUT2D eigenvalue weighted by atomic mass is 16.5. The number of hydrogen-bond acceptors (Lipinski definition) is 7. The van der Waals surface area contributed by atoms with Crippen molar-refractivity contribution in [1.29, 1.82) is 0 Å². The van der Waals surface area contributed by atoms with Crippen LogP contribution in [-0.4, -0.2) is 37.2 Å². The van der Waals surface area contributed by atoms with E-state index >= 15 is 0 Å². The molecule has 0 aliphatic rings. The van der Waals surface area contributed by atoms with Crippen molar-refractivity contribution in [2.75, 3.05) is 32.0 Å². The number of methoxy groups -OCH3 is 3. The Hall–Kier alpha value is -3.81. The minimum atomic E-state index is -0.320. The Morgan fingerprint density at radius 3 is 2.33 bits per heavy atom. The van der Waals surface area contributed by atoms with Crippen LogP contribution >= 0.6 is 0 Å². The lowest BCUT2D eigenvalue weighted by Crippen LogP contribution is -2.16. The first-order valence-electron chi connectivity index (χ1n) is 9.28. The van der Waals surface area contributed by atoms with Crippen LogP contribution in [0.15, 0.2) is 48.7 Å². The minimum absolute atomic E-state index is 0.320. The van der Waals surface area contributed by atoms with Crippen molar-refractivity contribution in [3.63, 3.8) is 0 Å². The Morgan fingerprint density at radius 1 is 1.00 bits per heavy atom. The van der Waals surface area contributed by atoms with E-state index in [9.17, 15) is 4.79 Å². The normalized spacial score (nSPS) is 10.3. The second-order valence-electron chi connectivity index (χ2n) is 6.41. The molecule has 156 valence electrons. The molecule has 1 heterocycles. The number of para-hydroxylation sites is 1. The molecule has 2 aromatic carbocycles. The van der Waals surface area contributed by atoms with Crippen LogP contribution in [0.5, 0.6) is 17.2 Å². The third-order valence-electron chi connectivity index (χ3n) is 4.46. The summed E-state index contributed by atoms with van der Waals surface area (Å²) in [6.45, 7) is 2.26. The molecule has 0 atom stereocenters. The van der Waals surface area contributed by atoms with E-state index < -0.39 is 0 Å². The smallest absolute Gasteiger partial charge is 0.259 e. The molecule has 0 aliphatic heterocycles. The van der Waals surface area contributed by atoms with Gasteiger partial charge in [-0.05, 0) is 13.0 Å². The third kappa shape index (κ3) is 4.96. The number of carbonyl (C=O) groups is 1. The number of rotatable bonds is 8. The van der Waals surface area contributed by atoms with Crippen LogP contribution in [0.2, 0.25) is 0 Å². The molecule has 1 aromatic heterocycles. The first-order valence-corrected chi connectivity index (χ1v) is 9.28. The zero-order chi connectivity index (χ0) is 21.5. The van der Waals surface area contributed by atoms with Crippen molar-refractivity contribution in [2.45, 2.75) is 13.5 Å². The number of anilines is 2. The van der Waals surface area contributed by atoms with Gasteiger partial charge in [0.15, 0.2) is 0 Å². The first-order chi connectivity index (χ1) is 14.5. The van der Waals surface area contributed by atoms with E-state index in [1.807, 2.05) is 24.3 Å². The molecular weight excluding hydrogens is 384 g/mol. The number of carbonyl (C=O) groups excluding carboxylic acids is 1. The number of amides is 1. The number of aryl methyl sites for hydroxylation is 1. The predicted octanol–water partition coefficient (Wildman–Crippen LogP) is 3.68. The second kappa shape index (κ2) is 9.60. The average Bonchev–Trinajstić information content (AvgIpc) is 2.77. The van der Waals surface area contributed by atoms with Gasteiger partial charge in [-0.2, -0.15) is 0 Å². The molecule has 0 radical (unpaired) electrons. The molecule has 0 saturated carbocycles. The van der Waals surface area contributed by atoms with Gasteiger partial charge in [0, 0.05) is 42.2 Å². The Morgan fingerprint density at radius 2 is 1.70 bits per heavy atom. The molecule has 0 unspecified atom stereocenters. The fourth-order valence-corrected chi connectivity index (χ4v) is 2.88. The van der Waals surface area contributed by atoms with Gasteiger partial charge >= 0.3 is 0 Å². The number of hydrogen-bond donors (Lipinski definition) is 2. The Bertz CT molecular complexity index is 1020. The lowest BCUT2D eigenvalue weighted by molar-refractivity contribution is 0.102. The van der Waals surface area contributed by atoms with Gasteiger partial charge < -0.3 is 24.8 Å². The summed E-state index contributed by atoms with van der Waals surface area (Å²) in [5, 5.41) is 5.98. The van der Waals surface area contributed by atoms with E-state index in [0.717, 1.165) is 11.3 Å². The summed E-state index contributed by atoms with van der Waals surface area (Å²) in [5.74, 6) is 2.05. The maximum atomic E-state index is 12.7. The average molecular weight is 408 g/mol. The second-order valence-corrected chi connectivity index (χ2v) is 6.41. The van der Waals surface area contributed by atoms with Crippen LogP contribution < -0.4 is 24.8 Å². The highest BCUT2D eigenvalue weighted by molar-refractivity contribution is 6.05. The molecule has 8 heteroatoms. The van der Waals surface area contributed by atoms with Gasteiger partial charge in [-0.25, -0.2) is 9.97 Å². The molecule has 0 saturated heterocycles. The van der Waals surface area contributed by atoms with Crippen LogP contribution in [-0.2, 0) is 6.54 Å². The van der Waals surface area contributed by atoms with E-state index in [-0.39, 0.29) is 5.91 Å². The van der Waals surface area contributed by atoms with Crippen molar-refractivity contribution >= 4 is 17.5 Å². The van der Waals surface area contributed by atoms with E-state index in [1.165, 1.54) is 6.20 Å². The number of benzene rings is 2.